The topological polar surface area (TPSA) is 73.2 Å². The van der Waals surface area contributed by atoms with Gasteiger partial charge >= 0.3 is 0 Å². The number of hydrogen-bond donors (Lipinski definition) is 1. The normalized spacial score (nSPS) is 15.4. The lowest BCUT2D eigenvalue weighted by molar-refractivity contribution is -0.121. The van der Waals surface area contributed by atoms with Crippen LogP contribution in [-0.2, 0) is 16.1 Å². The standard InChI is InChI=1S/C19H25N3O3/c23-18-13-21-22(17-10-5-4-9-16(17)18)14-19(24)20-11-6-12-25-15-7-2-1-3-8-15/h4-5,9-10,13,15H,1-3,6-8,11-12,14H2,(H,20,24). The molecule has 6 heteroatoms. The fraction of sp³-hybridized carbons (Fsp3) is 0.526. The van der Waals surface area contributed by atoms with Crippen LogP contribution in [0, 0.1) is 0 Å². The lowest BCUT2D eigenvalue weighted by atomic mass is 9.98. The van der Waals surface area contributed by atoms with Crippen LogP contribution in [0.3, 0.4) is 0 Å². The van der Waals surface area contributed by atoms with Crippen molar-refractivity contribution in [3.05, 3.63) is 40.7 Å². The smallest absolute Gasteiger partial charge is 0.241 e. The van der Waals surface area contributed by atoms with Gasteiger partial charge in [-0.1, -0.05) is 31.4 Å². The molecule has 3 rings (SSSR count). The Bertz CT molecular complexity index is 766. The highest BCUT2D eigenvalue weighted by Gasteiger charge is 2.13. The summed E-state index contributed by atoms with van der Waals surface area (Å²) in [6.45, 7) is 1.37. The summed E-state index contributed by atoms with van der Waals surface area (Å²) in [6, 6.07) is 7.19. The third-order valence-electron chi connectivity index (χ3n) is 4.60. The van der Waals surface area contributed by atoms with Crippen molar-refractivity contribution in [2.45, 2.75) is 51.2 Å². The predicted molar refractivity (Wildman–Crippen MR) is 96.5 cm³/mol. The maximum atomic E-state index is 12.1. The number of benzene rings is 1. The third-order valence-corrected chi connectivity index (χ3v) is 4.60. The Morgan fingerprint density at radius 2 is 2.04 bits per heavy atom. The highest BCUT2D eigenvalue weighted by molar-refractivity contribution is 5.81. The number of fused-ring (bicyclic) bond motifs is 1. The van der Waals surface area contributed by atoms with Crippen LogP contribution in [0.4, 0.5) is 0 Å². The van der Waals surface area contributed by atoms with E-state index in [-0.39, 0.29) is 17.9 Å². The summed E-state index contributed by atoms with van der Waals surface area (Å²) in [5.74, 6) is -0.112. The van der Waals surface area contributed by atoms with Gasteiger partial charge in [0.15, 0.2) is 0 Å². The van der Waals surface area contributed by atoms with Gasteiger partial charge in [0, 0.05) is 18.5 Å². The van der Waals surface area contributed by atoms with E-state index < -0.39 is 0 Å². The van der Waals surface area contributed by atoms with Crippen LogP contribution >= 0.6 is 0 Å². The number of hydrogen-bond acceptors (Lipinski definition) is 4. The van der Waals surface area contributed by atoms with E-state index in [2.05, 4.69) is 10.4 Å². The molecular weight excluding hydrogens is 318 g/mol. The Labute approximate surface area is 147 Å². The second-order valence-electron chi connectivity index (χ2n) is 6.52. The van der Waals surface area contributed by atoms with Crippen molar-refractivity contribution in [1.29, 1.82) is 0 Å². The van der Waals surface area contributed by atoms with Gasteiger partial charge in [-0.05, 0) is 31.4 Å². The zero-order valence-corrected chi connectivity index (χ0v) is 14.4. The lowest BCUT2D eigenvalue weighted by Crippen LogP contribution is -2.30. The molecule has 0 aliphatic heterocycles. The molecule has 1 aromatic carbocycles. The van der Waals surface area contributed by atoms with E-state index in [4.69, 9.17) is 4.74 Å². The number of carbonyl (C=O) groups is 1. The highest BCUT2D eigenvalue weighted by atomic mass is 16.5. The van der Waals surface area contributed by atoms with E-state index in [1.165, 1.54) is 25.5 Å². The van der Waals surface area contributed by atoms with Crippen molar-refractivity contribution in [3.8, 4) is 0 Å². The molecule has 0 radical (unpaired) electrons. The zero-order chi connectivity index (χ0) is 17.5. The van der Waals surface area contributed by atoms with Gasteiger partial charge in [-0.15, -0.1) is 0 Å². The van der Waals surface area contributed by atoms with Crippen molar-refractivity contribution in [1.82, 2.24) is 15.1 Å². The first kappa shape index (κ1) is 17.6. The van der Waals surface area contributed by atoms with E-state index >= 15 is 0 Å². The molecule has 1 fully saturated rings. The summed E-state index contributed by atoms with van der Waals surface area (Å²) < 4.78 is 7.41. The van der Waals surface area contributed by atoms with Gasteiger partial charge in [-0.3, -0.25) is 14.3 Å². The average molecular weight is 343 g/mol. The predicted octanol–water partition coefficient (Wildman–Crippen LogP) is 2.25. The number of carbonyl (C=O) groups excluding carboxylic acids is 1. The monoisotopic (exact) mass is 343 g/mol. The maximum Gasteiger partial charge on any atom is 0.241 e. The second kappa shape index (κ2) is 8.76. The molecule has 0 spiro atoms. The first-order chi connectivity index (χ1) is 12.2. The number of ether oxygens (including phenoxy) is 1. The Balaban J connectivity index is 1.44. The third kappa shape index (κ3) is 4.89. The first-order valence-corrected chi connectivity index (χ1v) is 9.07. The van der Waals surface area contributed by atoms with Crippen LogP contribution < -0.4 is 10.7 Å². The fourth-order valence-corrected chi connectivity index (χ4v) is 3.26. The summed E-state index contributed by atoms with van der Waals surface area (Å²) in [5.41, 5.74) is 0.540. The quantitative estimate of drug-likeness (QED) is 0.783. The van der Waals surface area contributed by atoms with Crippen LogP contribution in [0.2, 0.25) is 0 Å². The second-order valence-corrected chi connectivity index (χ2v) is 6.52. The molecule has 0 bridgehead atoms. The van der Waals surface area contributed by atoms with Gasteiger partial charge in [0.25, 0.3) is 0 Å². The molecule has 1 heterocycles. The van der Waals surface area contributed by atoms with E-state index in [1.54, 1.807) is 22.9 Å². The number of aromatic nitrogens is 2. The maximum absolute atomic E-state index is 12.1. The fourth-order valence-electron chi connectivity index (χ4n) is 3.26. The molecule has 25 heavy (non-hydrogen) atoms. The van der Waals surface area contributed by atoms with Crippen molar-refractivity contribution < 1.29 is 9.53 Å². The molecule has 0 unspecified atom stereocenters. The molecule has 0 saturated heterocycles. The molecule has 1 aliphatic rings. The molecular formula is C19H25N3O3. The van der Waals surface area contributed by atoms with Crippen LogP contribution in [0.15, 0.2) is 35.3 Å². The minimum Gasteiger partial charge on any atom is -0.378 e. The summed E-state index contributed by atoms with van der Waals surface area (Å²) in [7, 11) is 0. The molecule has 1 N–H and O–H groups in total. The SMILES string of the molecule is O=C(Cn1ncc(=O)c2ccccc21)NCCCOC1CCCCC1. The van der Waals surface area contributed by atoms with Gasteiger partial charge in [-0.2, -0.15) is 5.10 Å². The van der Waals surface area contributed by atoms with Crippen molar-refractivity contribution >= 4 is 16.8 Å². The summed E-state index contributed by atoms with van der Waals surface area (Å²) in [4.78, 5) is 23.9. The molecule has 1 saturated carbocycles. The summed E-state index contributed by atoms with van der Waals surface area (Å²) in [5, 5.41) is 7.54. The number of nitrogens with zero attached hydrogens (tertiary/aromatic N) is 2. The summed E-state index contributed by atoms with van der Waals surface area (Å²) >= 11 is 0. The minimum atomic E-state index is -0.132. The average Bonchev–Trinajstić information content (AvgIpc) is 2.65. The van der Waals surface area contributed by atoms with Gasteiger partial charge < -0.3 is 10.1 Å². The Morgan fingerprint density at radius 3 is 2.88 bits per heavy atom. The number of para-hydroxylation sites is 1. The largest absolute Gasteiger partial charge is 0.378 e. The minimum absolute atomic E-state index is 0.101. The van der Waals surface area contributed by atoms with Crippen LogP contribution in [-0.4, -0.2) is 34.9 Å². The highest BCUT2D eigenvalue weighted by Crippen LogP contribution is 2.20. The molecule has 6 nitrogen and oxygen atoms in total. The molecule has 1 aromatic heterocycles. The van der Waals surface area contributed by atoms with Gasteiger partial charge in [0.2, 0.25) is 11.3 Å². The summed E-state index contributed by atoms with van der Waals surface area (Å²) in [6.07, 6.45) is 8.65. The molecule has 1 amide bonds. The van der Waals surface area contributed by atoms with Crippen molar-refractivity contribution in [2.24, 2.45) is 0 Å². The van der Waals surface area contributed by atoms with Gasteiger partial charge in [-0.25, -0.2) is 0 Å². The Morgan fingerprint density at radius 1 is 1.24 bits per heavy atom. The van der Waals surface area contributed by atoms with E-state index in [0.717, 1.165) is 19.3 Å². The van der Waals surface area contributed by atoms with Crippen LogP contribution in [0.25, 0.3) is 10.9 Å². The Hall–Kier alpha value is -2.21. The van der Waals surface area contributed by atoms with E-state index in [0.29, 0.717) is 30.2 Å². The first-order valence-electron chi connectivity index (χ1n) is 9.07. The lowest BCUT2D eigenvalue weighted by Gasteiger charge is -2.21. The number of rotatable bonds is 7. The Kier molecular flexibility index (Phi) is 6.17. The van der Waals surface area contributed by atoms with E-state index in [1.807, 2.05) is 6.07 Å². The molecule has 0 atom stereocenters. The van der Waals surface area contributed by atoms with Crippen LogP contribution in [0.1, 0.15) is 38.5 Å². The van der Waals surface area contributed by atoms with Crippen LogP contribution in [0.5, 0.6) is 0 Å². The van der Waals surface area contributed by atoms with Crippen molar-refractivity contribution in [3.63, 3.8) is 0 Å². The molecule has 134 valence electrons. The number of nitrogens with one attached hydrogen (secondary N) is 1. The molecule has 2 aromatic rings. The van der Waals surface area contributed by atoms with Gasteiger partial charge in [0.05, 0.1) is 17.8 Å². The van der Waals surface area contributed by atoms with Gasteiger partial charge in [0.1, 0.15) is 6.54 Å². The van der Waals surface area contributed by atoms with Crippen molar-refractivity contribution in [2.75, 3.05) is 13.2 Å². The molecule has 1 aliphatic carbocycles. The number of amides is 1. The van der Waals surface area contributed by atoms with E-state index in [9.17, 15) is 9.59 Å². The zero-order valence-electron chi connectivity index (χ0n) is 14.4.